The highest BCUT2D eigenvalue weighted by molar-refractivity contribution is 9.10. The van der Waals surface area contributed by atoms with Gasteiger partial charge < -0.3 is 4.74 Å². The van der Waals surface area contributed by atoms with Crippen molar-refractivity contribution < 1.29 is 9.53 Å². The molecule has 1 aliphatic heterocycles. The molecule has 0 aromatic heterocycles. The van der Waals surface area contributed by atoms with Crippen LogP contribution in [0.3, 0.4) is 0 Å². The largest absolute Gasteiger partial charge is 0.496 e. The number of benzene rings is 2. The molecule has 1 aliphatic rings. The molecule has 1 amide bonds. The van der Waals surface area contributed by atoms with Gasteiger partial charge in [-0.05, 0) is 29.8 Å². The molecule has 122 valence electrons. The van der Waals surface area contributed by atoms with Crippen LogP contribution in [0.2, 0.25) is 0 Å². The van der Waals surface area contributed by atoms with E-state index in [0.29, 0.717) is 21.5 Å². The predicted molar refractivity (Wildman–Crippen MR) is 106 cm³/mol. The first kappa shape index (κ1) is 17.2. The number of nitrogens with zero attached hydrogens (tertiary/aromatic N) is 1. The van der Waals surface area contributed by atoms with Crippen molar-refractivity contribution in [3.8, 4) is 5.75 Å². The predicted octanol–water partition coefficient (Wildman–Crippen LogP) is 4.86. The fourth-order valence-corrected chi connectivity index (χ4v) is 3.99. The number of carbonyl (C=O) groups excluding carboxylic acids is 1. The molecule has 0 spiro atoms. The van der Waals surface area contributed by atoms with Gasteiger partial charge in [0.1, 0.15) is 10.1 Å². The van der Waals surface area contributed by atoms with Crippen molar-refractivity contribution in [3.63, 3.8) is 0 Å². The van der Waals surface area contributed by atoms with E-state index in [-0.39, 0.29) is 5.91 Å². The Morgan fingerprint density at radius 2 is 2.00 bits per heavy atom. The van der Waals surface area contributed by atoms with Crippen molar-refractivity contribution >= 4 is 56.2 Å². The van der Waals surface area contributed by atoms with Crippen molar-refractivity contribution in [2.24, 2.45) is 0 Å². The number of amides is 1. The molecule has 1 fully saturated rings. The SMILES string of the molecule is COc1ccc(Br)cc1/C=C1\SC(=S)N(Cc2ccccc2)C1=O. The van der Waals surface area contributed by atoms with Gasteiger partial charge in [-0.25, -0.2) is 0 Å². The minimum Gasteiger partial charge on any atom is -0.496 e. The van der Waals surface area contributed by atoms with Crippen LogP contribution in [0.25, 0.3) is 6.08 Å². The first-order chi connectivity index (χ1) is 11.6. The average Bonchev–Trinajstić information content (AvgIpc) is 2.84. The minimum absolute atomic E-state index is 0.0733. The summed E-state index contributed by atoms with van der Waals surface area (Å²) >= 11 is 10.1. The summed E-state index contributed by atoms with van der Waals surface area (Å²) in [4.78, 5) is 14.9. The Morgan fingerprint density at radius 3 is 2.71 bits per heavy atom. The molecule has 6 heteroatoms. The van der Waals surface area contributed by atoms with Crippen LogP contribution in [0, 0.1) is 0 Å². The summed E-state index contributed by atoms with van der Waals surface area (Å²) in [5.41, 5.74) is 1.89. The van der Waals surface area contributed by atoms with Gasteiger partial charge in [0, 0.05) is 10.0 Å². The van der Waals surface area contributed by atoms with Crippen LogP contribution in [-0.2, 0) is 11.3 Å². The van der Waals surface area contributed by atoms with Crippen molar-refractivity contribution in [3.05, 3.63) is 69.0 Å². The first-order valence-electron chi connectivity index (χ1n) is 7.21. The summed E-state index contributed by atoms with van der Waals surface area (Å²) in [7, 11) is 1.61. The van der Waals surface area contributed by atoms with Crippen LogP contribution in [-0.4, -0.2) is 22.2 Å². The summed E-state index contributed by atoms with van der Waals surface area (Å²) < 4.78 is 6.86. The zero-order chi connectivity index (χ0) is 17.1. The first-order valence-corrected chi connectivity index (χ1v) is 9.23. The third kappa shape index (κ3) is 3.71. The molecule has 0 bridgehead atoms. The Balaban J connectivity index is 1.87. The maximum Gasteiger partial charge on any atom is 0.266 e. The molecular formula is C18H14BrNO2S2. The quantitative estimate of drug-likeness (QED) is 0.522. The molecule has 3 nitrogen and oxygen atoms in total. The number of rotatable bonds is 4. The second kappa shape index (κ2) is 7.51. The summed E-state index contributed by atoms with van der Waals surface area (Å²) in [6.07, 6.45) is 1.83. The van der Waals surface area contributed by atoms with Crippen LogP contribution < -0.4 is 4.74 Å². The number of thiocarbonyl (C=S) groups is 1. The molecule has 2 aromatic carbocycles. The average molecular weight is 420 g/mol. The molecule has 0 atom stereocenters. The van der Waals surface area contributed by atoms with Gasteiger partial charge in [-0.2, -0.15) is 0 Å². The molecule has 0 aliphatic carbocycles. The fourth-order valence-electron chi connectivity index (χ4n) is 2.36. The van der Waals surface area contributed by atoms with Gasteiger partial charge in [0.15, 0.2) is 0 Å². The third-order valence-corrected chi connectivity index (χ3v) is 5.41. The zero-order valence-electron chi connectivity index (χ0n) is 12.9. The molecule has 0 N–H and O–H groups in total. The lowest BCUT2D eigenvalue weighted by Gasteiger charge is -2.14. The molecule has 1 saturated heterocycles. The van der Waals surface area contributed by atoms with Gasteiger partial charge in [0.05, 0.1) is 18.6 Å². The van der Waals surface area contributed by atoms with Crippen molar-refractivity contribution in [2.45, 2.75) is 6.54 Å². The number of halogens is 1. The van der Waals surface area contributed by atoms with Gasteiger partial charge >= 0.3 is 0 Å². The molecule has 2 aromatic rings. The summed E-state index contributed by atoms with van der Waals surface area (Å²) in [5, 5.41) is 0. The van der Waals surface area contributed by atoms with Crippen LogP contribution >= 0.6 is 39.9 Å². The zero-order valence-corrected chi connectivity index (χ0v) is 16.1. The standard InChI is InChI=1S/C18H14BrNO2S2/c1-22-15-8-7-14(19)9-13(15)10-16-17(21)20(18(23)24-16)11-12-5-3-2-4-6-12/h2-10H,11H2,1H3/b16-10-. The highest BCUT2D eigenvalue weighted by Crippen LogP contribution is 2.35. The van der Waals surface area contributed by atoms with Crippen molar-refractivity contribution in [2.75, 3.05) is 7.11 Å². The second-order valence-electron chi connectivity index (χ2n) is 5.14. The number of methoxy groups -OCH3 is 1. The van der Waals surface area contributed by atoms with E-state index in [2.05, 4.69) is 15.9 Å². The Kier molecular flexibility index (Phi) is 5.38. The van der Waals surface area contributed by atoms with E-state index in [0.717, 1.165) is 15.6 Å². The summed E-state index contributed by atoms with van der Waals surface area (Å²) in [5.74, 6) is 0.641. The molecule has 0 unspecified atom stereocenters. The number of hydrogen-bond acceptors (Lipinski definition) is 4. The van der Waals surface area contributed by atoms with Crippen LogP contribution in [0.15, 0.2) is 57.9 Å². The van der Waals surface area contributed by atoms with Crippen molar-refractivity contribution in [1.29, 1.82) is 0 Å². The normalized spacial score (nSPS) is 16.1. The van der Waals surface area contributed by atoms with Gasteiger partial charge in [-0.1, -0.05) is 70.2 Å². The van der Waals surface area contributed by atoms with Crippen LogP contribution in [0.4, 0.5) is 0 Å². The van der Waals surface area contributed by atoms with E-state index in [1.807, 2.05) is 54.6 Å². The summed E-state index contributed by atoms with van der Waals surface area (Å²) in [6, 6.07) is 15.5. The highest BCUT2D eigenvalue weighted by Gasteiger charge is 2.32. The topological polar surface area (TPSA) is 29.5 Å². The minimum atomic E-state index is -0.0733. The van der Waals surface area contributed by atoms with Gasteiger partial charge in [0.25, 0.3) is 5.91 Å². The summed E-state index contributed by atoms with van der Waals surface area (Å²) in [6.45, 7) is 0.485. The van der Waals surface area contributed by atoms with E-state index < -0.39 is 0 Å². The lowest BCUT2D eigenvalue weighted by atomic mass is 10.1. The molecule has 0 saturated carbocycles. The maximum atomic E-state index is 12.7. The van der Waals surface area contributed by atoms with Gasteiger partial charge in [0.2, 0.25) is 0 Å². The smallest absolute Gasteiger partial charge is 0.266 e. The van der Waals surface area contributed by atoms with E-state index in [1.54, 1.807) is 12.0 Å². The van der Waals surface area contributed by atoms with E-state index in [1.165, 1.54) is 11.8 Å². The number of thioether (sulfide) groups is 1. The Bertz CT molecular complexity index is 821. The number of carbonyl (C=O) groups is 1. The molecule has 0 radical (unpaired) electrons. The maximum absolute atomic E-state index is 12.7. The fraction of sp³-hybridized carbons (Fsp3) is 0.111. The van der Waals surface area contributed by atoms with Crippen LogP contribution in [0.5, 0.6) is 5.75 Å². The number of ether oxygens (including phenoxy) is 1. The molecular weight excluding hydrogens is 406 g/mol. The van der Waals surface area contributed by atoms with Gasteiger partial charge in [-0.3, -0.25) is 9.69 Å². The second-order valence-corrected chi connectivity index (χ2v) is 7.73. The Labute approximate surface area is 158 Å². The Hall–Kier alpha value is -1.63. The Morgan fingerprint density at radius 1 is 1.25 bits per heavy atom. The molecule has 1 heterocycles. The van der Waals surface area contributed by atoms with E-state index >= 15 is 0 Å². The third-order valence-electron chi connectivity index (χ3n) is 3.54. The molecule has 24 heavy (non-hydrogen) atoms. The monoisotopic (exact) mass is 419 g/mol. The van der Waals surface area contributed by atoms with Crippen molar-refractivity contribution in [1.82, 2.24) is 4.90 Å². The van der Waals surface area contributed by atoms with E-state index in [9.17, 15) is 4.79 Å². The van der Waals surface area contributed by atoms with Crippen LogP contribution in [0.1, 0.15) is 11.1 Å². The lowest BCUT2D eigenvalue weighted by molar-refractivity contribution is -0.122. The molecule has 3 rings (SSSR count). The lowest BCUT2D eigenvalue weighted by Crippen LogP contribution is -2.27. The van der Waals surface area contributed by atoms with E-state index in [4.69, 9.17) is 17.0 Å². The highest BCUT2D eigenvalue weighted by atomic mass is 79.9. The van der Waals surface area contributed by atoms with Gasteiger partial charge in [-0.15, -0.1) is 0 Å². The number of hydrogen-bond donors (Lipinski definition) is 0.